The van der Waals surface area contributed by atoms with Crippen molar-refractivity contribution in [2.24, 2.45) is 0 Å². The van der Waals surface area contributed by atoms with E-state index in [-0.39, 0.29) is 11.9 Å². The van der Waals surface area contributed by atoms with Gasteiger partial charge in [0.25, 0.3) is 0 Å². The number of hydrogen-bond acceptors (Lipinski definition) is 5. The van der Waals surface area contributed by atoms with Crippen molar-refractivity contribution in [2.75, 3.05) is 5.73 Å². The van der Waals surface area contributed by atoms with Gasteiger partial charge in [-0.2, -0.15) is 0 Å². The Morgan fingerprint density at radius 1 is 1.08 bits per heavy atom. The fraction of sp³-hybridized carbons (Fsp3) is 0.0952. The Morgan fingerprint density at radius 3 is 2.77 bits per heavy atom. The third-order valence-corrected chi connectivity index (χ3v) is 4.16. The minimum Gasteiger partial charge on any atom is -0.461 e. The van der Waals surface area contributed by atoms with Gasteiger partial charge in [0.1, 0.15) is 6.26 Å². The molecule has 2 aliphatic rings. The first kappa shape index (κ1) is 16.0. The topological polar surface area (TPSA) is 66.6 Å². The summed E-state index contributed by atoms with van der Waals surface area (Å²) in [5, 5.41) is 0. The van der Waals surface area contributed by atoms with Crippen LogP contribution in [0.1, 0.15) is 17.9 Å². The number of benzene rings is 1. The van der Waals surface area contributed by atoms with Gasteiger partial charge < -0.3 is 19.9 Å². The molecule has 130 valence electrons. The molecule has 1 aliphatic carbocycles. The average Bonchev–Trinajstić information content (AvgIpc) is 2.71. The van der Waals surface area contributed by atoms with Crippen LogP contribution in [0.3, 0.4) is 0 Å². The predicted molar refractivity (Wildman–Crippen MR) is 98.6 cm³/mol. The lowest BCUT2D eigenvalue weighted by Gasteiger charge is -2.25. The fourth-order valence-electron chi connectivity index (χ4n) is 2.92. The third kappa shape index (κ3) is 3.47. The molecule has 0 radical (unpaired) electrons. The van der Waals surface area contributed by atoms with Crippen molar-refractivity contribution in [1.29, 1.82) is 0 Å². The van der Waals surface area contributed by atoms with E-state index < -0.39 is 0 Å². The Morgan fingerprint density at radius 2 is 1.96 bits per heavy atom. The normalized spacial score (nSPS) is 18.8. The lowest BCUT2D eigenvalue weighted by Crippen LogP contribution is -2.13. The van der Waals surface area contributed by atoms with Crippen LogP contribution in [0.4, 0.5) is 5.69 Å². The monoisotopic (exact) mass is 346 g/mol. The van der Waals surface area contributed by atoms with Crippen molar-refractivity contribution < 1.29 is 14.2 Å². The summed E-state index contributed by atoms with van der Waals surface area (Å²) in [4.78, 5) is 4.10. The zero-order valence-corrected chi connectivity index (χ0v) is 14.0. The molecule has 2 N–H and O–H groups in total. The summed E-state index contributed by atoms with van der Waals surface area (Å²) in [7, 11) is 0. The molecule has 0 fully saturated rings. The summed E-state index contributed by atoms with van der Waals surface area (Å²) in [5.41, 5.74) is 8.47. The van der Waals surface area contributed by atoms with E-state index in [0.717, 1.165) is 12.0 Å². The van der Waals surface area contributed by atoms with Crippen LogP contribution < -0.4 is 10.5 Å². The van der Waals surface area contributed by atoms with E-state index in [0.29, 0.717) is 17.3 Å². The number of nitrogens with zero attached hydrogens (tertiary/aromatic N) is 1. The standard InChI is InChI=1S/C21H18N2O3/c22-16-10-11-20(23-12-16)26-21-14-24-13-19(25-21)18-9-5-4-8-17(18)15-6-2-1-3-7-15/h1-7,9-14,17H,8,22H2. The summed E-state index contributed by atoms with van der Waals surface area (Å²) < 4.78 is 17.0. The average molecular weight is 346 g/mol. The van der Waals surface area contributed by atoms with Crippen LogP contribution in [0.2, 0.25) is 0 Å². The van der Waals surface area contributed by atoms with Gasteiger partial charge >= 0.3 is 5.95 Å². The number of nitrogens with two attached hydrogens (primary N) is 1. The van der Waals surface area contributed by atoms with E-state index in [2.05, 4.69) is 23.2 Å². The van der Waals surface area contributed by atoms with Gasteiger partial charge in [0.2, 0.25) is 5.88 Å². The summed E-state index contributed by atoms with van der Waals surface area (Å²) in [5.74, 6) is 1.43. The fourth-order valence-corrected chi connectivity index (χ4v) is 2.92. The molecule has 1 atom stereocenters. The highest BCUT2D eigenvalue weighted by molar-refractivity contribution is 5.44. The summed E-state index contributed by atoms with van der Waals surface area (Å²) in [6.07, 6.45) is 11.6. The van der Waals surface area contributed by atoms with Crippen molar-refractivity contribution in [3.63, 3.8) is 0 Å². The number of anilines is 1. The van der Waals surface area contributed by atoms with Gasteiger partial charge in [-0.15, -0.1) is 0 Å². The van der Waals surface area contributed by atoms with Crippen molar-refractivity contribution >= 4 is 5.69 Å². The molecule has 1 aromatic heterocycles. The molecular formula is C21H18N2O3. The molecule has 0 saturated carbocycles. The second-order valence-electron chi connectivity index (χ2n) is 5.94. The predicted octanol–water partition coefficient (Wildman–Crippen LogP) is 4.40. The number of pyridine rings is 1. The molecule has 0 saturated heterocycles. The van der Waals surface area contributed by atoms with Gasteiger partial charge in [0.15, 0.2) is 12.0 Å². The van der Waals surface area contributed by atoms with E-state index in [1.807, 2.05) is 30.4 Å². The molecule has 0 spiro atoms. The van der Waals surface area contributed by atoms with Crippen LogP contribution in [0.5, 0.6) is 5.88 Å². The molecule has 1 unspecified atom stereocenters. The van der Waals surface area contributed by atoms with Crippen LogP contribution >= 0.6 is 0 Å². The van der Waals surface area contributed by atoms with Gasteiger partial charge in [-0.3, -0.25) is 0 Å². The van der Waals surface area contributed by atoms with Crippen molar-refractivity contribution in [3.05, 3.63) is 102 Å². The summed E-state index contributed by atoms with van der Waals surface area (Å²) >= 11 is 0. The molecule has 0 bridgehead atoms. The third-order valence-electron chi connectivity index (χ3n) is 4.16. The maximum absolute atomic E-state index is 5.91. The number of allylic oxidation sites excluding steroid dienone is 4. The molecule has 26 heavy (non-hydrogen) atoms. The number of nitrogen functional groups attached to an aromatic ring is 1. The van der Waals surface area contributed by atoms with Crippen LogP contribution in [0.25, 0.3) is 0 Å². The van der Waals surface area contributed by atoms with E-state index in [1.54, 1.807) is 18.4 Å². The van der Waals surface area contributed by atoms with Gasteiger partial charge in [-0.1, -0.05) is 48.6 Å². The Balaban J connectivity index is 1.52. The molecule has 5 heteroatoms. The van der Waals surface area contributed by atoms with Crippen LogP contribution in [-0.2, 0) is 9.47 Å². The second kappa shape index (κ2) is 7.19. The first-order chi connectivity index (χ1) is 12.8. The molecule has 1 aromatic carbocycles. The lowest BCUT2D eigenvalue weighted by molar-refractivity contribution is 0.118. The number of rotatable bonds is 4. The highest BCUT2D eigenvalue weighted by Crippen LogP contribution is 2.37. The number of aromatic nitrogens is 1. The van der Waals surface area contributed by atoms with E-state index in [9.17, 15) is 0 Å². The maximum atomic E-state index is 5.91. The minimum atomic E-state index is 0.199. The highest BCUT2D eigenvalue weighted by Gasteiger charge is 2.25. The van der Waals surface area contributed by atoms with E-state index in [1.165, 1.54) is 18.0 Å². The van der Waals surface area contributed by atoms with Crippen LogP contribution in [0, 0.1) is 0 Å². The second-order valence-corrected chi connectivity index (χ2v) is 5.94. The first-order valence-electron chi connectivity index (χ1n) is 8.34. The smallest absolute Gasteiger partial charge is 0.328 e. The molecule has 0 amide bonds. The quantitative estimate of drug-likeness (QED) is 0.889. The highest BCUT2D eigenvalue weighted by atomic mass is 16.7. The van der Waals surface area contributed by atoms with Crippen molar-refractivity contribution in [3.8, 4) is 5.88 Å². The largest absolute Gasteiger partial charge is 0.461 e. The Bertz CT molecular complexity index is 897. The van der Waals surface area contributed by atoms with Gasteiger partial charge in [-0.05, 0) is 18.1 Å². The van der Waals surface area contributed by atoms with Gasteiger partial charge in [0, 0.05) is 17.6 Å². The molecule has 2 heterocycles. The van der Waals surface area contributed by atoms with Gasteiger partial charge in [0.05, 0.1) is 11.9 Å². The molecule has 1 aliphatic heterocycles. The number of ether oxygens (including phenoxy) is 3. The zero-order valence-electron chi connectivity index (χ0n) is 14.0. The number of hydrogen-bond donors (Lipinski definition) is 1. The molecule has 2 aromatic rings. The summed E-state index contributed by atoms with van der Waals surface area (Å²) in [6, 6.07) is 13.7. The van der Waals surface area contributed by atoms with Gasteiger partial charge in [-0.25, -0.2) is 4.98 Å². The SMILES string of the molecule is Nc1ccc(OC2=COC=C(C3=CC=CCC3c3ccccc3)O2)nc1. The maximum Gasteiger partial charge on any atom is 0.328 e. The van der Waals surface area contributed by atoms with Crippen LogP contribution in [0.15, 0.2) is 96.7 Å². The van der Waals surface area contributed by atoms with Crippen molar-refractivity contribution in [1.82, 2.24) is 4.98 Å². The Labute approximate surface area is 151 Å². The van der Waals surface area contributed by atoms with Crippen LogP contribution in [-0.4, -0.2) is 4.98 Å². The van der Waals surface area contributed by atoms with E-state index >= 15 is 0 Å². The van der Waals surface area contributed by atoms with E-state index in [4.69, 9.17) is 19.9 Å². The summed E-state index contributed by atoms with van der Waals surface area (Å²) in [6.45, 7) is 0. The Hall–Kier alpha value is -3.47. The molecule has 5 nitrogen and oxygen atoms in total. The zero-order chi connectivity index (χ0) is 17.8. The lowest BCUT2D eigenvalue weighted by atomic mass is 9.84. The Kier molecular flexibility index (Phi) is 4.43. The molecular weight excluding hydrogens is 328 g/mol. The minimum absolute atomic E-state index is 0.199. The first-order valence-corrected chi connectivity index (χ1v) is 8.34. The van der Waals surface area contributed by atoms with Crippen molar-refractivity contribution in [2.45, 2.75) is 12.3 Å². The molecule has 4 rings (SSSR count).